The van der Waals surface area contributed by atoms with Crippen LogP contribution in [0.4, 0.5) is 10.5 Å². The summed E-state index contributed by atoms with van der Waals surface area (Å²) in [7, 11) is 1.79. The molecular weight excluding hydrogens is 590 g/mol. The third kappa shape index (κ3) is 8.55. The lowest BCUT2D eigenvalue weighted by molar-refractivity contribution is -0.0177. The molecule has 1 amide bonds. The lowest BCUT2D eigenvalue weighted by Crippen LogP contribution is -2.43. The Morgan fingerprint density at radius 1 is 1.04 bits per heavy atom. The number of anilines is 1. The fraction of sp³-hybridized carbons (Fsp3) is 0.486. The van der Waals surface area contributed by atoms with Gasteiger partial charge in [0.2, 0.25) is 0 Å². The predicted octanol–water partition coefficient (Wildman–Crippen LogP) is 6.86. The number of fused-ring (bicyclic) bond motifs is 1. The molecule has 2 aliphatic rings. The first-order valence-electron chi connectivity index (χ1n) is 15.8. The highest BCUT2D eigenvalue weighted by molar-refractivity contribution is 7.98. The molecule has 1 aromatic heterocycles. The molecule has 0 radical (unpaired) electrons. The second-order valence-electron chi connectivity index (χ2n) is 12.4. The van der Waals surface area contributed by atoms with E-state index in [0.29, 0.717) is 43.5 Å². The number of thioether (sulfide) groups is 1. The second-order valence-corrected chi connectivity index (χ2v) is 13.7. The third-order valence-electron chi connectivity index (χ3n) is 7.80. The van der Waals surface area contributed by atoms with Crippen LogP contribution in [-0.2, 0) is 28.7 Å². The van der Waals surface area contributed by atoms with E-state index in [0.717, 1.165) is 59.8 Å². The number of hydrogen-bond acceptors (Lipinski definition) is 8. The zero-order valence-corrected chi connectivity index (χ0v) is 27.8. The Bertz CT molecular complexity index is 1540. The maximum atomic E-state index is 12.8. The highest BCUT2D eigenvalue weighted by Gasteiger charge is 2.27. The van der Waals surface area contributed by atoms with Gasteiger partial charge in [-0.1, -0.05) is 19.1 Å². The van der Waals surface area contributed by atoms with Crippen molar-refractivity contribution >= 4 is 23.5 Å². The quantitative estimate of drug-likeness (QED) is 0.229. The molecule has 0 unspecified atom stereocenters. The number of benzene rings is 2. The Labute approximate surface area is 270 Å². The Morgan fingerprint density at radius 2 is 1.82 bits per heavy atom. The molecule has 3 aromatic rings. The van der Waals surface area contributed by atoms with Crippen LogP contribution in [0, 0.1) is 0 Å². The molecule has 5 rings (SSSR count). The number of piperidine rings is 1. The van der Waals surface area contributed by atoms with Gasteiger partial charge in [-0.2, -0.15) is 11.8 Å². The van der Waals surface area contributed by atoms with Crippen LogP contribution in [-0.4, -0.2) is 65.9 Å². The SMILES string of the molecule is CCSCc1ccc(Oc2cccc(OCCOC3CCN(C(=O)OC(C)(C)C)CC3)c2)c(-c2cn(C)c(=O)c3c2CCN3)c1. The Morgan fingerprint density at radius 3 is 2.58 bits per heavy atom. The van der Waals surface area contributed by atoms with Crippen molar-refractivity contribution < 1.29 is 23.7 Å². The number of amides is 1. The summed E-state index contributed by atoms with van der Waals surface area (Å²) in [5.74, 6) is 4.04. The molecule has 0 bridgehead atoms. The van der Waals surface area contributed by atoms with E-state index >= 15 is 0 Å². The normalized spacial score (nSPS) is 15.0. The highest BCUT2D eigenvalue weighted by Crippen LogP contribution is 2.39. The molecule has 45 heavy (non-hydrogen) atoms. The monoisotopic (exact) mass is 635 g/mol. The highest BCUT2D eigenvalue weighted by atomic mass is 32.2. The first-order valence-corrected chi connectivity index (χ1v) is 16.9. The summed E-state index contributed by atoms with van der Waals surface area (Å²) in [4.78, 5) is 26.8. The number of pyridine rings is 1. The smallest absolute Gasteiger partial charge is 0.410 e. The van der Waals surface area contributed by atoms with Gasteiger partial charge in [0.15, 0.2) is 0 Å². The van der Waals surface area contributed by atoms with Crippen molar-refractivity contribution in [3.05, 3.63) is 70.1 Å². The molecule has 242 valence electrons. The fourth-order valence-electron chi connectivity index (χ4n) is 5.60. The standard InChI is InChI=1S/C35H45N3O6S/c1-6-45-23-24-10-11-31(29(20-24)30-22-37(5)33(39)32-28(30)12-15-36-32)43-27-9-7-8-26(21-27)42-19-18-41-25-13-16-38(17-14-25)34(40)44-35(2,3)4/h7-11,20-22,25,36H,6,12-19,23H2,1-5H3. The number of carbonyl (C=O) groups excluding carboxylic acids is 1. The lowest BCUT2D eigenvalue weighted by atomic mass is 9.97. The Kier molecular flexibility index (Phi) is 10.7. The summed E-state index contributed by atoms with van der Waals surface area (Å²) < 4.78 is 25.7. The Balaban J connectivity index is 1.21. The molecule has 9 nitrogen and oxygen atoms in total. The van der Waals surface area contributed by atoms with Crippen LogP contribution in [0.2, 0.25) is 0 Å². The van der Waals surface area contributed by atoms with Gasteiger partial charge < -0.3 is 33.7 Å². The van der Waals surface area contributed by atoms with Crippen molar-refractivity contribution in [2.24, 2.45) is 7.05 Å². The van der Waals surface area contributed by atoms with Crippen LogP contribution in [0.3, 0.4) is 0 Å². The van der Waals surface area contributed by atoms with Crippen molar-refractivity contribution in [1.29, 1.82) is 0 Å². The number of rotatable bonds is 11. The molecule has 10 heteroatoms. The molecule has 0 aliphatic carbocycles. The van der Waals surface area contributed by atoms with Crippen LogP contribution < -0.4 is 20.3 Å². The van der Waals surface area contributed by atoms with Crippen LogP contribution in [0.5, 0.6) is 17.2 Å². The van der Waals surface area contributed by atoms with Gasteiger partial charge in [0.05, 0.1) is 12.7 Å². The van der Waals surface area contributed by atoms with E-state index in [2.05, 4.69) is 24.4 Å². The average Bonchev–Trinajstić information content (AvgIpc) is 3.51. The summed E-state index contributed by atoms with van der Waals surface area (Å²) in [6, 6.07) is 13.9. The number of aryl methyl sites for hydroxylation is 1. The molecular formula is C35H45N3O6S. The van der Waals surface area contributed by atoms with E-state index in [1.807, 2.05) is 69.1 Å². The third-order valence-corrected chi connectivity index (χ3v) is 8.75. The van der Waals surface area contributed by atoms with Gasteiger partial charge in [0.1, 0.15) is 35.1 Å². The molecule has 0 spiro atoms. The van der Waals surface area contributed by atoms with Crippen molar-refractivity contribution in [2.45, 2.75) is 64.4 Å². The second kappa shape index (κ2) is 14.6. The van der Waals surface area contributed by atoms with Crippen LogP contribution >= 0.6 is 11.8 Å². The molecule has 2 aromatic carbocycles. The molecule has 0 atom stereocenters. The minimum atomic E-state index is -0.495. The number of aromatic nitrogens is 1. The summed E-state index contributed by atoms with van der Waals surface area (Å²) in [5.41, 5.74) is 4.41. The van der Waals surface area contributed by atoms with E-state index in [4.69, 9.17) is 18.9 Å². The topological polar surface area (TPSA) is 91.3 Å². The van der Waals surface area contributed by atoms with Gasteiger partial charge in [0, 0.05) is 55.8 Å². The van der Waals surface area contributed by atoms with Gasteiger partial charge in [-0.15, -0.1) is 0 Å². The van der Waals surface area contributed by atoms with E-state index in [1.54, 1.807) is 16.5 Å². The maximum Gasteiger partial charge on any atom is 0.410 e. The minimum absolute atomic E-state index is 0.00787. The average molecular weight is 636 g/mol. The van der Waals surface area contributed by atoms with E-state index < -0.39 is 5.60 Å². The first-order chi connectivity index (χ1) is 21.6. The molecule has 1 saturated heterocycles. The molecule has 1 N–H and O–H groups in total. The summed E-state index contributed by atoms with van der Waals surface area (Å²) in [6.45, 7) is 10.6. The predicted molar refractivity (Wildman–Crippen MR) is 180 cm³/mol. The molecule has 0 saturated carbocycles. The molecule has 1 fully saturated rings. The molecule has 2 aliphatic heterocycles. The van der Waals surface area contributed by atoms with Crippen molar-refractivity contribution in [1.82, 2.24) is 9.47 Å². The van der Waals surface area contributed by atoms with Gasteiger partial charge in [0.25, 0.3) is 5.56 Å². The largest absolute Gasteiger partial charge is 0.491 e. The van der Waals surface area contributed by atoms with Gasteiger partial charge in [-0.3, -0.25) is 4.79 Å². The number of hydrogen-bond donors (Lipinski definition) is 1. The van der Waals surface area contributed by atoms with Gasteiger partial charge in [-0.05, 0) is 81.2 Å². The fourth-order valence-corrected chi connectivity index (χ4v) is 6.22. The maximum absolute atomic E-state index is 12.8. The summed E-state index contributed by atoms with van der Waals surface area (Å²) in [6.07, 6.45) is 4.09. The van der Waals surface area contributed by atoms with Crippen molar-refractivity contribution in [3.63, 3.8) is 0 Å². The number of carbonyl (C=O) groups is 1. The van der Waals surface area contributed by atoms with E-state index in [1.165, 1.54) is 5.56 Å². The summed E-state index contributed by atoms with van der Waals surface area (Å²) >= 11 is 1.87. The van der Waals surface area contributed by atoms with E-state index in [-0.39, 0.29) is 17.8 Å². The molecule has 3 heterocycles. The zero-order chi connectivity index (χ0) is 32.0. The Hall–Kier alpha value is -3.63. The lowest BCUT2D eigenvalue weighted by Gasteiger charge is -2.33. The van der Waals surface area contributed by atoms with Crippen molar-refractivity contribution in [3.8, 4) is 28.4 Å². The first kappa shape index (κ1) is 32.8. The summed E-state index contributed by atoms with van der Waals surface area (Å²) in [5, 5.41) is 3.28. The number of ether oxygens (including phenoxy) is 4. The van der Waals surface area contributed by atoms with E-state index in [9.17, 15) is 9.59 Å². The number of likely N-dealkylation sites (tertiary alicyclic amines) is 1. The van der Waals surface area contributed by atoms with Crippen LogP contribution in [0.1, 0.15) is 51.7 Å². The number of nitrogens with one attached hydrogen (secondary N) is 1. The van der Waals surface area contributed by atoms with Crippen molar-refractivity contribution in [2.75, 3.05) is 43.9 Å². The van der Waals surface area contributed by atoms with Crippen LogP contribution in [0.15, 0.2) is 53.5 Å². The number of nitrogens with zero attached hydrogens (tertiary/aromatic N) is 2. The van der Waals surface area contributed by atoms with Crippen LogP contribution in [0.25, 0.3) is 11.1 Å². The minimum Gasteiger partial charge on any atom is -0.491 e. The van der Waals surface area contributed by atoms with Gasteiger partial charge in [-0.25, -0.2) is 4.79 Å². The zero-order valence-electron chi connectivity index (χ0n) is 27.0. The van der Waals surface area contributed by atoms with Gasteiger partial charge >= 0.3 is 6.09 Å².